The third kappa shape index (κ3) is 4.16. The molecule has 2 aromatic carbocycles. The van der Waals surface area contributed by atoms with Gasteiger partial charge in [0.15, 0.2) is 5.11 Å². The van der Waals surface area contributed by atoms with Crippen LogP contribution in [0.15, 0.2) is 64.6 Å². The first-order valence-electron chi connectivity index (χ1n) is 9.04. The molecule has 3 aromatic rings. The van der Waals surface area contributed by atoms with Crippen molar-refractivity contribution in [3.05, 3.63) is 81.5 Å². The van der Waals surface area contributed by atoms with Crippen molar-refractivity contribution in [2.45, 2.75) is 0 Å². The minimum atomic E-state index is -1.16. The van der Waals surface area contributed by atoms with E-state index in [4.69, 9.17) is 39.8 Å². The Labute approximate surface area is 196 Å². The number of carbonyl (C=O) groups excluding carboxylic acids is 2. The lowest BCUT2D eigenvalue weighted by Gasteiger charge is -2.28. The highest BCUT2D eigenvalue weighted by Crippen LogP contribution is 2.32. The molecule has 7 nitrogen and oxygen atoms in total. The van der Waals surface area contributed by atoms with Crippen molar-refractivity contribution >= 4 is 70.1 Å². The van der Waals surface area contributed by atoms with E-state index < -0.39 is 17.8 Å². The van der Waals surface area contributed by atoms with Gasteiger partial charge in [-0.1, -0.05) is 29.3 Å². The zero-order chi connectivity index (χ0) is 23.0. The summed E-state index contributed by atoms with van der Waals surface area (Å²) < 4.78 is 5.74. The van der Waals surface area contributed by atoms with E-state index in [2.05, 4.69) is 5.32 Å². The number of nitrogens with one attached hydrogen (secondary N) is 1. The highest BCUT2D eigenvalue weighted by Gasteiger charge is 2.35. The summed E-state index contributed by atoms with van der Waals surface area (Å²) in [5, 5.41) is 12.4. The number of carbonyl (C=O) groups is 3. The molecule has 0 bridgehead atoms. The molecule has 32 heavy (non-hydrogen) atoms. The molecule has 1 aliphatic heterocycles. The van der Waals surface area contributed by atoms with Gasteiger partial charge in [0.05, 0.1) is 16.3 Å². The van der Waals surface area contributed by atoms with Gasteiger partial charge in [-0.05, 0) is 66.8 Å². The first kappa shape index (κ1) is 21.8. The van der Waals surface area contributed by atoms with E-state index in [0.717, 1.165) is 4.90 Å². The van der Waals surface area contributed by atoms with Gasteiger partial charge in [0.1, 0.15) is 17.1 Å². The van der Waals surface area contributed by atoms with E-state index in [1.807, 2.05) is 0 Å². The molecular formula is C22H12Cl2N2O5S. The number of benzene rings is 2. The Kier molecular flexibility index (Phi) is 5.84. The minimum absolute atomic E-state index is 0.0328. The summed E-state index contributed by atoms with van der Waals surface area (Å²) in [6.07, 6.45) is 1.27. The van der Waals surface area contributed by atoms with Crippen LogP contribution in [-0.2, 0) is 9.59 Å². The number of carboxylic acids is 1. The molecule has 0 atom stereocenters. The van der Waals surface area contributed by atoms with E-state index in [1.165, 1.54) is 30.3 Å². The second-order valence-corrected chi connectivity index (χ2v) is 7.87. The number of anilines is 1. The van der Waals surface area contributed by atoms with E-state index in [0.29, 0.717) is 21.4 Å². The topological polar surface area (TPSA) is 99.9 Å². The van der Waals surface area contributed by atoms with Crippen LogP contribution in [0.2, 0.25) is 10.0 Å². The third-order valence-corrected chi connectivity index (χ3v) is 5.41. The molecular weight excluding hydrogens is 475 g/mol. The van der Waals surface area contributed by atoms with Gasteiger partial charge in [-0.3, -0.25) is 19.8 Å². The van der Waals surface area contributed by atoms with E-state index in [-0.39, 0.29) is 27.7 Å². The maximum atomic E-state index is 13.1. The number of amides is 2. The van der Waals surface area contributed by atoms with Crippen molar-refractivity contribution in [1.29, 1.82) is 0 Å². The number of hydrogen-bond acceptors (Lipinski definition) is 5. The Balaban J connectivity index is 1.70. The predicted molar refractivity (Wildman–Crippen MR) is 124 cm³/mol. The Morgan fingerprint density at radius 1 is 1.09 bits per heavy atom. The fraction of sp³-hybridized carbons (Fsp3) is 0. The summed E-state index contributed by atoms with van der Waals surface area (Å²) in [7, 11) is 0. The fourth-order valence-corrected chi connectivity index (χ4v) is 3.74. The van der Waals surface area contributed by atoms with Crippen molar-refractivity contribution in [3.8, 4) is 11.3 Å². The van der Waals surface area contributed by atoms with E-state index in [9.17, 15) is 19.5 Å². The van der Waals surface area contributed by atoms with Crippen LogP contribution in [-0.4, -0.2) is 28.0 Å². The lowest BCUT2D eigenvalue weighted by atomic mass is 10.1. The van der Waals surface area contributed by atoms with Crippen LogP contribution in [0.25, 0.3) is 17.4 Å². The highest BCUT2D eigenvalue weighted by molar-refractivity contribution is 7.80. The van der Waals surface area contributed by atoms with Crippen molar-refractivity contribution < 1.29 is 23.9 Å². The number of carboxylic acid groups (broad SMARTS) is 1. The molecule has 2 heterocycles. The second kappa shape index (κ2) is 8.58. The molecule has 2 amide bonds. The molecule has 0 radical (unpaired) electrons. The number of hydrogen-bond donors (Lipinski definition) is 2. The molecule has 1 fully saturated rings. The van der Waals surface area contributed by atoms with Crippen LogP contribution in [0.3, 0.4) is 0 Å². The van der Waals surface area contributed by atoms with Crippen LogP contribution < -0.4 is 10.2 Å². The Morgan fingerprint density at radius 3 is 2.62 bits per heavy atom. The summed E-state index contributed by atoms with van der Waals surface area (Å²) in [6.45, 7) is 0. The standard InChI is InChI=1S/C22H12Cl2N2O5S/c23-12-4-6-17(24)15(9-12)18-7-5-14(31-18)10-16-19(27)25-22(32)26(20(16)28)13-3-1-2-11(8-13)21(29)30/h1-10H,(H,29,30)(H,25,27,32). The third-order valence-electron chi connectivity index (χ3n) is 4.56. The number of furan rings is 1. The van der Waals surface area contributed by atoms with Gasteiger partial charge in [-0.15, -0.1) is 0 Å². The maximum absolute atomic E-state index is 13.1. The average Bonchev–Trinajstić information content (AvgIpc) is 3.21. The molecule has 160 valence electrons. The fourth-order valence-electron chi connectivity index (χ4n) is 3.07. The number of aromatic carboxylic acids is 1. The summed E-state index contributed by atoms with van der Waals surface area (Å²) >= 11 is 17.4. The average molecular weight is 487 g/mol. The normalized spacial score (nSPS) is 15.2. The minimum Gasteiger partial charge on any atom is -0.478 e. The largest absolute Gasteiger partial charge is 0.478 e. The van der Waals surface area contributed by atoms with Crippen LogP contribution >= 0.6 is 35.4 Å². The summed E-state index contributed by atoms with van der Waals surface area (Å²) in [5.74, 6) is -1.97. The van der Waals surface area contributed by atoms with Gasteiger partial charge >= 0.3 is 5.97 Å². The summed E-state index contributed by atoms with van der Waals surface area (Å²) in [4.78, 5) is 37.9. The predicted octanol–water partition coefficient (Wildman–Crippen LogP) is 4.78. The zero-order valence-electron chi connectivity index (χ0n) is 16.0. The number of thiocarbonyl (C=S) groups is 1. The molecule has 2 N–H and O–H groups in total. The first-order valence-corrected chi connectivity index (χ1v) is 10.2. The van der Waals surface area contributed by atoms with Crippen LogP contribution in [0.1, 0.15) is 16.1 Å². The zero-order valence-corrected chi connectivity index (χ0v) is 18.3. The van der Waals surface area contributed by atoms with Crippen molar-refractivity contribution in [1.82, 2.24) is 5.32 Å². The molecule has 1 aromatic heterocycles. The first-order chi connectivity index (χ1) is 15.2. The maximum Gasteiger partial charge on any atom is 0.335 e. The molecule has 10 heteroatoms. The Morgan fingerprint density at radius 2 is 1.88 bits per heavy atom. The molecule has 1 saturated heterocycles. The Hall–Kier alpha value is -3.46. The van der Waals surface area contributed by atoms with Crippen LogP contribution in [0, 0.1) is 0 Å². The second-order valence-electron chi connectivity index (χ2n) is 6.64. The molecule has 1 aliphatic rings. The highest BCUT2D eigenvalue weighted by atomic mass is 35.5. The van der Waals surface area contributed by atoms with E-state index >= 15 is 0 Å². The molecule has 0 saturated carbocycles. The van der Waals surface area contributed by atoms with Gasteiger partial charge in [-0.25, -0.2) is 4.79 Å². The lowest BCUT2D eigenvalue weighted by Crippen LogP contribution is -2.54. The van der Waals surface area contributed by atoms with Crippen LogP contribution in [0.4, 0.5) is 5.69 Å². The van der Waals surface area contributed by atoms with Crippen molar-refractivity contribution in [2.75, 3.05) is 4.90 Å². The quantitative estimate of drug-likeness (QED) is 0.312. The van der Waals surface area contributed by atoms with Gasteiger partial charge in [0.25, 0.3) is 11.8 Å². The smallest absolute Gasteiger partial charge is 0.335 e. The monoisotopic (exact) mass is 486 g/mol. The molecule has 0 unspecified atom stereocenters. The van der Waals surface area contributed by atoms with Crippen molar-refractivity contribution in [3.63, 3.8) is 0 Å². The number of rotatable bonds is 4. The van der Waals surface area contributed by atoms with Gasteiger partial charge in [0, 0.05) is 10.6 Å². The number of nitrogens with zero attached hydrogens (tertiary/aromatic N) is 1. The number of halogens is 2. The van der Waals surface area contributed by atoms with Gasteiger partial charge in [0.2, 0.25) is 0 Å². The lowest BCUT2D eigenvalue weighted by molar-refractivity contribution is -0.122. The molecule has 0 aliphatic carbocycles. The van der Waals surface area contributed by atoms with E-state index in [1.54, 1.807) is 30.3 Å². The van der Waals surface area contributed by atoms with Gasteiger partial charge < -0.3 is 9.52 Å². The molecule has 4 rings (SSSR count). The SMILES string of the molecule is O=C1NC(=S)N(c2cccc(C(=O)O)c2)C(=O)C1=Cc1ccc(-c2cc(Cl)ccc2Cl)o1. The van der Waals surface area contributed by atoms with Gasteiger partial charge in [-0.2, -0.15) is 0 Å². The summed E-state index contributed by atoms with van der Waals surface area (Å²) in [6, 6.07) is 13.8. The van der Waals surface area contributed by atoms with Crippen LogP contribution in [0.5, 0.6) is 0 Å². The summed E-state index contributed by atoms with van der Waals surface area (Å²) in [5.41, 5.74) is 0.486. The van der Waals surface area contributed by atoms with Crippen molar-refractivity contribution in [2.24, 2.45) is 0 Å². The Bertz CT molecular complexity index is 1330. The molecule has 0 spiro atoms.